The Bertz CT molecular complexity index is 539. The maximum absolute atomic E-state index is 11.5. The van der Waals surface area contributed by atoms with Crippen LogP contribution in [-0.4, -0.2) is 36.3 Å². The highest BCUT2D eigenvalue weighted by Gasteiger charge is 2.40. The number of rotatable bonds is 3. The molecular formula is C15H23N3O3. The molecule has 1 N–H and O–H groups in total. The second kappa shape index (κ2) is 5.18. The topological polar surface area (TPSA) is 67.6 Å². The maximum Gasteiger partial charge on any atom is 0.315 e. The number of para-hydroxylation sites is 1. The summed E-state index contributed by atoms with van der Waals surface area (Å²) in [6.07, 6.45) is 0. The number of nitrogens with one attached hydrogen (secondary N) is 1. The van der Waals surface area contributed by atoms with Gasteiger partial charge in [0.1, 0.15) is 11.4 Å². The minimum atomic E-state index is -0.356. The maximum atomic E-state index is 11.5. The van der Waals surface area contributed by atoms with Crippen LogP contribution in [0.15, 0.2) is 18.2 Å². The van der Waals surface area contributed by atoms with E-state index in [1.807, 2.05) is 38.7 Å². The van der Waals surface area contributed by atoms with E-state index in [2.05, 4.69) is 5.32 Å². The predicted octanol–water partition coefficient (Wildman–Crippen LogP) is 3.03. The van der Waals surface area contributed by atoms with Crippen molar-refractivity contribution in [2.24, 2.45) is 0 Å². The van der Waals surface area contributed by atoms with Crippen molar-refractivity contribution in [3.63, 3.8) is 0 Å². The van der Waals surface area contributed by atoms with Crippen molar-refractivity contribution >= 4 is 17.1 Å². The predicted molar refractivity (Wildman–Crippen MR) is 84.1 cm³/mol. The molecular weight excluding hydrogens is 270 g/mol. The SMILES string of the molecule is CNc1cccc(N2CC(C)(C)OC(C)(C)C2)c1[N+](=O)[O-]. The van der Waals surface area contributed by atoms with Crippen LogP contribution in [0.2, 0.25) is 0 Å². The van der Waals surface area contributed by atoms with Gasteiger partial charge in [-0.3, -0.25) is 10.1 Å². The van der Waals surface area contributed by atoms with Crippen LogP contribution in [0, 0.1) is 10.1 Å². The zero-order valence-corrected chi connectivity index (χ0v) is 13.3. The summed E-state index contributed by atoms with van der Waals surface area (Å²) in [5.74, 6) is 0. The molecule has 1 aliphatic rings. The molecule has 0 unspecified atom stereocenters. The normalized spacial score (nSPS) is 20.1. The molecule has 0 radical (unpaired) electrons. The molecule has 2 rings (SSSR count). The molecule has 1 aliphatic heterocycles. The lowest BCUT2D eigenvalue weighted by Crippen LogP contribution is -2.57. The Hall–Kier alpha value is -1.82. The number of nitrogens with zero attached hydrogens (tertiary/aromatic N) is 2. The highest BCUT2D eigenvalue weighted by atomic mass is 16.6. The molecule has 0 saturated carbocycles. The van der Waals surface area contributed by atoms with Gasteiger partial charge in [0.2, 0.25) is 0 Å². The Labute approximate surface area is 125 Å². The van der Waals surface area contributed by atoms with Crippen LogP contribution >= 0.6 is 0 Å². The van der Waals surface area contributed by atoms with Crippen molar-refractivity contribution in [3.05, 3.63) is 28.3 Å². The van der Waals surface area contributed by atoms with Gasteiger partial charge in [0.15, 0.2) is 0 Å². The minimum Gasteiger partial charge on any atom is -0.382 e. The van der Waals surface area contributed by atoms with E-state index in [4.69, 9.17) is 4.74 Å². The zero-order valence-electron chi connectivity index (χ0n) is 13.3. The van der Waals surface area contributed by atoms with E-state index < -0.39 is 0 Å². The lowest BCUT2D eigenvalue weighted by atomic mass is 9.98. The molecule has 0 aliphatic carbocycles. The first-order chi connectivity index (χ1) is 9.65. The highest BCUT2D eigenvalue weighted by molar-refractivity contribution is 5.77. The third-order valence-electron chi connectivity index (χ3n) is 3.50. The van der Waals surface area contributed by atoms with Crippen LogP contribution in [0.3, 0.4) is 0 Å². The second-order valence-corrected chi connectivity index (χ2v) is 6.66. The van der Waals surface area contributed by atoms with E-state index >= 15 is 0 Å². The summed E-state index contributed by atoms with van der Waals surface area (Å²) in [6, 6.07) is 5.36. The van der Waals surface area contributed by atoms with Crippen LogP contribution in [0.4, 0.5) is 17.1 Å². The summed E-state index contributed by atoms with van der Waals surface area (Å²) < 4.78 is 6.04. The average Bonchev–Trinajstić information content (AvgIpc) is 2.33. The van der Waals surface area contributed by atoms with Gasteiger partial charge in [-0.05, 0) is 39.8 Å². The fourth-order valence-electron chi connectivity index (χ4n) is 3.14. The van der Waals surface area contributed by atoms with Crippen LogP contribution in [0.25, 0.3) is 0 Å². The Balaban J connectivity index is 2.48. The van der Waals surface area contributed by atoms with Crippen LogP contribution < -0.4 is 10.2 Å². The fourth-order valence-corrected chi connectivity index (χ4v) is 3.14. The van der Waals surface area contributed by atoms with Gasteiger partial charge in [-0.2, -0.15) is 0 Å². The number of hydrogen-bond donors (Lipinski definition) is 1. The van der Waals surface area contributed by atoms with Crippen LogP contribution in [-0.2, 0) is 4.74 Å². The summed E-state index contributed by atoms with van der Waals surface area (Å²) >= 11 is 0. The summed E-state index contributed by atoms with van der Waals surface area (Å²) in [7, 11) is 1.69. The van der Waals surface area contributed by atoms with Crippen molar-refractivity contribution in [3.8, 4) is 0 Å². The average molecular weight is 293 g/mol. The monoisotopic (exact) mass is 293 g/mol. The lowest BCUT2D eigenvalue weighted by Gasteiger charge is -2.47. The second-order valence-electron chi connectivity index (χ2n) is 6.66. The van der Waals surface area contributed by atoms with E-state index in [0.717, 1.165) is 0 Å². The standard InChI is InChI=1S/C15H23N3O3/c1-14(2)9-17(10-15(3,4)21-14)12-8-6-7-11(16-5)13(12)18(19)20/h6-8,16H,9-10H2,1-5H3. The first-order valence-electron chi connectivity index (χ1n) is 7.05. The van der Waals surface area contributed by atoms with Gasteiger partial charge in [0.05, 0.1) is 16.1 Å². The Morgan fingerprint density at radius 2 is 1.81 bits per heavy atom. The number of morpholine rings is 1. The van der Waals surface area contributed by atoms with Crippen LogP contribution in [0.1, 0.15) is 27.7 Å². The number of anilines is 2. The number of ether oxygens (including phenoxy) is 1. The fraction of sp³-hybridized carbons (Fsp3) is 0.600. The highest BCUT2D eigenvalue weighted by Crippen LogP contribution is 2.39. The molecule has 0 bridgehead atoms. The number of nitro benzene ring substituents is 1. The van der Waals surface area contributed by atoms with Crippen molar-refractivity contribution in [2.45, 2.75) is 38.9 Å². The smallest absolute Gasteiger partial charge is 0.315 e. The van der Waals surface area contributed by atoms with Gasteiger partial charge in [-0.1, -0.05) is 6.07 Å². The van der Waals surface area contributed by atoms with Gasteiger partial charge in [0, 0.05) is 20.1 Å². The molecule has 1 heterocycles. The van der Waals surface area contributed by atoms with Gasteiger partial charge in [0.25, 0.3) is 0 Å². The third-order valence-corrected chi connectivity index (χ3v) is 3.50. The van der Waals surface area contributed by atoms with Crippen molar-refractivity contribution in [2.75, 3.05) is 30.4 Å². The van der Waals surface area contributed by atoms with Crippen molar-refractivity contribution in [1.82, 2.24) is 0 Å². The third kappa shape index (κ3) is 3.26. The molecule has 6 nitrogen and oxygen atoms in total. The minimum absolute atomic E-state index is 0.119. The molecule has 21 heavy (non-hydrogen) atoms. The zero-order chi connectivity index (χ0) is 15.8. The Morgan fingerprint density at radius 1 is 1.24 bits per heavy atom. The first kappa shape index (κ1) is 15.6. The summed E-state index contributed by atoms with van der Waals surface area (Å²) in [5, 5.41) is 14.4. The summed E-state index contributed by atoms with van der Waals surface area (Å²) in [6.45, 7) is 9.27. The molecule has 116 valence electrons. The largest absolute Gasteiger partial charge is 0.382 e. The van der Waals surface area contributed by atoms with E-state index in [-0.39, 0.29) is 21.8 Å². The molecule has 6 heteroatoms. The summed E-state index contributed by atoms with van der Waals surface area (Å²) in [5.41, 5.74) is 0.570. The van der Waals surface area contributed by atoms with Gasteiger partial charge in [-0.25, -0.2) is 0 Å². The van der Waals surface area contributed by atoms with Gasteiger partial charge in [-0.15, -0.1) is 0 Å². The molecule has 0 amide bonds. The molecule has 1 aromatic rings. The van der Waals surface area contributed by atoms with Crippen molar-refractivity contribution in [1.29, 1.82) is 0 Å². The molecule has 0 atom stereocenters. The number of benzene rings is 1. The van der Waals surface area contributed by atoms with Gasteiger partial charge >= 0.3 is 5.69 Å². The van der Waals surface area contributed by atoms with E-state index in [1.165, 1.54) is 0 Å². The van der Waals surface area contributed by atoms with E-state index in [9.17, 15) is 10.1 Å². The molecule has 0 aromatic heterocycles. The molecule has 1 saturated heterocycles. The van der Waals surface area contributed by atoms with E-state index in [0.29, 0.717) is 24.5 Å². The number of nitro groups is 1. The van der Waals surface area contributed by atoms with Crippen molar-refractivity contribution < 1.29 is 9.66 Å². The molecule has 1 aromatic carbocycles. The van der Waals surface area contributed by atoms with E-state index in [1.54, 1.807) is 19.2 Å². The first-order valence-corrected chi connectivity index (χ1v) is 7.05. The Kier molecular flexibility index (Phi) is 3.84. The van der Waals surface area contributed by atoms with Crippen LogP contribution in [0.5, 0.6) is 0 Å². The summed E-state index contributed by atoms with van der Waals surface area (Å²) in [4.78, 5) is 13.2. The molecule has 1 fully saturated rings. The number of hydrogen-bond acceptors (Lipinski definition) is 5. The Morgan fingerprint density at radius 3 is 2.29 bits per heavy atom. The lowest BCUT2D eigenvalue weighted by molar-refractivity contribution is -0.383. The quantitative estimate of drug-likeness (QED) is 0.685. The molecule has 0 spiro atoms. The van der Waals surface area contributed by atoms with Gasteiger partial charge < -0.3 is 15.0 Å².